The van der Waals surface area contributed by atoms with E-state index in [4.69, 9.17) is 0 Å². The van der Waals surface area contributed by atoms with Crippen molar-refractivity contribution in [3.63, 3.8) is 0 Å². The maximum absolute atomic E-state index is 14.1. The normalized spacial score (nSPS) is 10.4. The van der Waals surface area contributed by atoms with E-state index < -0.39 is 11.6 Å². The van der Waals surface area contributed by atoms with Crippen molar-refractivity contribution in [1.82, 2.24) is 4.98 Å². The van der Waals surface area contributed by atoms with Crippen LogP contribution in [0.4, 0.5) is 14.6 Å². The largest absolute Gasteiger partial charge is 0.344 e. The lowest BCUT2D eigenvalue weighted by atomic mass is 10.0. The molecule has 2 aromatic rings. The van der Waals surface area contributed by atoms with Crippen LogP contribution in [0, 0.1) is 25.5 Å². The predicted octanol–water partition coefficient (Wildman–Crippen LogP) is 4.59. The topological polar surface area (TPSA) is 24.9 Å². The summed E-state index contributed by atoms with van der Waals surface area (Å²) in [4.78, 5) is 4.26. The van der Waals surface area contributed by atoms with E-state index in [1.54, 1.807) is 6.20 Å². The standard InChI is InChI=1S/C16H16F2N2/c1-9(2)20-16-10(3)7-12(8-19-16)13-5-6-14(17)11(4)15(13)18/h5-8H,1H2,2-4H3,(H,19,20). The summed E-state index contributed by atoms with van der Waals surface area (Å²) in [5.74, 6) is -0.413. The second kappa shape index (κ2) is 5.41. The monoisotopic (exact) mass is 274 g/mol. The number of halogens is 2. The van der Waals surface area contributed by atoms with Gasteiger partial charge in [-0.3, -0.25) is 0 Å². The molecule has 1 N–H and O–H groups in total. The van der Waals surface area contributed by atoms with Crippen LogP contribution in [0.15, 0.2) is 36.7 Å². The first kappa shape index (κ1) is 14.2. The molecule has 0 aliphatic carbocycles. The Morgan fingerprint density at radius 2 is 1.95 bits per heavy atom. The lowest BCUT2D eigenvalue weighted by molar-refractivity contribution is 0.570. The van der Waals surface area contributed by atoms with Crippen LogP contribution in [-0.4, -0.2) is 4.98 Å². The average Bonchev–Trinajstić information content (AvgIpc) is 2.38. The van der Waals surface area contributed by atoms with Gasteiger partial charge in [-0.2, -0.15) is 0 Å². The first-order valence-corrected chi connectivity index (χ1v) is 6.24. The predicted molar refractivity (Wildman–Crippen MR) is 77.5 cm³/mol. The highest BCUT2D eigenvalue weighted by Crippen LogP contribution is 2.28. The number of benzene rings is 1. The van der Waals surface area contributed by atoms with Gasteiger partial charge in [-0.05, 0) is 44.5 Å². The summed E-state index contributed by atoms with van der Waals surface area (Å²) < 4.78 is 27.4. The van der Waals surface area contributed by atoms with Crippen LogP contribution in [-0.2, 0) is 0 Å². The Hall–Kier alpha value is -2.23. The van der Waals surface area contributed by atoms with Gasteiger partial charge < -0.3 is 5.32 Å². The number of aromatic nitrogens is 1. The van der Waals surface area contributed by atoms with E-state index in [-0.39, 0.29) is 5.56 Å². The third-order valence-electron chi connectivity index (χ3n) is 3.04. The second-order valence-corrected chi connectivity index (χ2v) is 4.83. The molecular weight excluding hydrogens is 258 g/mol. The molecule has 1 heterocycles. The highest BCUT2D eigenvalue weighted by molar-refractivity contribution is 5.67. The minimum absolute atomic E-state index is 0.0179. The van der Waals surface area contributed by atoms with Gasteiger partial charge in [0.1, 0.15) is 17.5 Å². The Labute approximate surface area is 117 Å². The minimum atomic E-state index is -0.549. The molecule has 0 atom stereocenters. The summed E-state index contributed by atoms with van der Waals surface area (Å²) in [5, 5.41) is 3.03. The molecule has 0 saturated carbocycles. The molecule has 0 spiro atoms. The quantitative estimate of drug-likeness (QED) is 0.885. The van der Waals surface area contributed by atoms with Gasteiger partial charge in [-0.15, -0.1) is 0 Å². The molecule has 0 saturated heterocycles. The summed E-state index contributed by atoms with van der Waals surface area (Å²) in [6.45, 7) is 8.88. The number of allylic oxidation sites excluding steroid dienone is 1. The SMILES string of the molecule is C=C(C)Nc1ncc(-c2ccc(F)c(C)c2F)cc1C. The lowest BCUT2D eigenvalue weighted by Gasteiger charge is -2.11. The zero-order valence-electron chi connectivity index (χ0n) is 11.7. The Morgan fingerprint density at radius 3 is 2.55 bits per heavy atom. The molecule has 0 amide bonds. The van der Waals surface area contributed by atoms with E-state index >= 15 is 0 Å². The molecule has 104 valence electrons. The molecule has 0 fully saturated rings. The van der Waals surface area contributed by atoms with Crippen LogP contribution in [0.2, 0.25) is 0 Å². The van der Waals surface area contributed by atoms with Crippen LogP contribution in [0.3, 0.4) is 0 Å². The molecule has 1 aromatic carbocycles. The maximum Gasteiger partial charge on any atom is 0.136 e. The number of nitrogens with one attached hydrogen (secondary N) is 1. The summed E-state index contributed by atoms with van der Waals surface area (Å²) >= 11 is 0. The summed E-state index contributed by atoms with van der Waals surface area (Å²) in [5.41, 5.74) is 2.63. The van der Waals surface area contributed by atoms with Gasteiger partial charge in [0.15, 0.2) is 0 Å². The van der Waals surface area contributed by atoms with Gasteiger partial charge in [-0.1, -0.05) is 6.58 Å². The number of hydrogen-bond acceptors (Lipinski definition) is 2. The van der Waals surface area contributed by atoms with E-state index in [0.29, 0.717) is 16.9 Å². The summed E-state index contributed by atoms with van der Waals surface area (Å²) in [6.07, 6.45) is 1.56. The molecule has 4 heteroatoms. The van der Waals surface area contributed by atoms with Gasteiger partial charge in [0.05, 0.1) is 0 Å². The fourth-order valence-corrected chi connectivity index (χ4v) is 1.94. The molecule has 20 heavy (non-hydrogen) atoms. The van der Waals surface area contributed by atoms with Crippen LogP contribution in [0.1, 0.15) is 18.1 Å². The fraction of sp³-hybridized carbons (Fsp3) is 0.188. The van der Waals surface area contributed by atoms with Crippen LogP contribution in [0.5, 0.6) is 0 Å². The Bertz CT molecular complexity index is 678. The third kappa shape index (κ3) is 2.69. The minimum Gasteiger partial charge on any atom is -0.344 e. The number of aryl methyl sites for hydroxylation is 1. The van der Waals surface area contributed by atoms with E-state index in [1.165, 1.54) is 19.1 Å². The van der Waals surface area contributed by atoms with Crippen LogP contribution in [0.25, 0.3) is 11.1 Å². The Balaban J connectivity index is 2.47. The van der Waals surface area contributed by atoms with Gasteiger partial charge >= 0.3 is 0 Å². The van der Waals surface area contributed by atoms with Crippen molar-refractivity contribution in [1.29, 1.82) is 0 Å². The highest BCUT2D eigenvalue weighted by atomic mass is 19.1. The molecular formula is C16H16F2N2. The Morgan fingerprint density at radius 1 is 1.25 bits per heavy atom. The third-order valence-corrected chi connectivity index (χ3v) is 3.04. The van der Waals surface area contributed by atoms with Crippen molar-refractivity contribution in [3.05, 3.63) is 59.4 Å². The number of rotatable bonds is 3. The number of anilines is 1. The van der Waals surface area contributed by atoms with E-state index in [2.05, 4.69) is 16.9 Å². The molecule has 0 radical (unpaired) electrons. The van der Waals surface area contributed by atoms with Crippen molar-refractivity contribution in [2.24, 2.45) is 0 Å². The van der Waals surface area contributed by atoms with E-state index in [0.717, 1.165) is 11.3 Å². The second-order valence-electron chi connectivity index (χ2n) is 4.83. The summed E-state index contributed by atoms with van der Waals surface area (Å²) in [6, 6.07) is 4.51. The van der Waals surface area contributed by atoms with Crippen molar-refractivity contribution in [3.8, 4) is 11.1 Å². The molecule has 0 aliphatic rings. The number of nitrogens with zero attached hydrogens (tertiary/aromatic N) is 1. The van der Waals surface area contributed by atoms with Gasteiger partial charge in [0, 0.05) is 28.6 Å². The maximum atomic E-state index is 14.1. The van der Waals surface area contributed by atoms with Crippen LogP contribution >= 0.6 is 0 Å². The zero-order chi connectivity index (χ0) is 14.9. The first-order chi connectivity index (χ1) is 9.40. The van der Waals surface area contributed by atoms with Crippen LogP contribution < -0.4 is 5.32 Å². The zero-order valence-corrected chi connectivity index (χ0v) is 11.7. The lowest BCUT2D eigenvalue weighted by Crippen LogP contribution is -2.00. The fourth-order valence-electron chi connectivity index (χ4n) is 1.94. The first-order valence-electron chi connectivity index (χ1n) is 6.24. The van der Waals surface area contributed by atoms with Gasteiger partial charge in [0.25, 0.3) is 0 Å². The summed E-state index contributed by atoms with van der Waals surface area (Å²) in [7, 11) is 0. The molecule has 2 rings (SSSR count). The van der Waals surface area contributed by atoms with Gasteiger partial charge in [0.2, 0.25) is 0 Å². The molecule has 1 aromatic heterocycles. The Kier molecular flexibility index (Phi) is 3.84. The van der Waals surface area contributed by atoms with Crippen molar-refractivity contribution in [2.45, 2.75) is 20.8 Å². The number of hydrogen-bond donors (Lipinski definition) is 1. The molecule has 0 bridgehead atoms. The van der Waals surface area contributed by atoms with E-state index in [9.17, 15) is 8.78 Å². The highest BCUT2D eigenvalue weighted by Gasteiger charge is 2.12. The number of pyridine rings is 1. The smallest absolute Gasteiger partial charge is 0.136 e. The van der Waals surface area contributed by atoms with Crippen molar-refractivity contribution in [2.75, 3.05) is 5.32 Å². The van der Waals surface area contributed by atoms with E-state index in [1.807, 2.05) is 19.9 Å². The van der Waals surface area contributed by atoms with Crippen molar-refractivity contribution >= 4 is 5.82 Å². The average molecular weight is 274 g/mol. The van der Waals surface area contributed by atoms with Gasteiger partial charge in [-0.25, -0.2) is 13.8 Å². The van der Waals surface area contributed by atoms with Crippen molar-refractivity contribution < 1.29 is 8.78 Å². The molecule has 2 nitrogen and oxygen atoms in total. The molecule has 0 aliphatic heterocycles. The molecule has 0 unspecified atom stereocenters.